The van der Waals surface area contributed by atoms with E-state index < -0.39 is 0 Å². The molecule has 1 aliphatic carbocycles. The summed E-state index contributed by atoms with van der Waals surface area (Å²) in [6.07, 6.45) is 7.76. The van der Waals surface area contributed by atoms with Crippen molar-refractivity contribution in [3.8, 4) is 6.07 Å². The van der Waals surface area contributed by atoms with Gasteiger partial charge in [-0.15, -0.1) is 0 Å². The van der Waals surface area contributed by atoms with Crippen molar-refractivity contribution < 1.29 is 0 Å². The van der Waals surface area contributed by atoms with Gasteiger partial charge in [0.1, 0.15) is 0 Å². The van der Waals surface area contributed by atoms with Crippen LogP contribution in [0.1, 0.15) is 33.1 Å². The Labute approximate surface area is 87.0 Å². The Kier molecular flexibility index (Phi) is 4.69. The van der Waals surface area contributed by atoms with E-state index in [0.29, 0.717) is 11.8 Å². The van der Waals surface area contributed by atoms with Gasteiger partial charge in [0.05, 0.1) is 12.1 Å². The van der Waals surface area contributed by atoms with Crippen molar-refractivity contribution in [2.24, 2.45) is 11.8 Å². The molecule has 0 aliphatic heterocycles. The Balaban J connectivity index is 2.37. The van der Waals surface area contributed by atoms with E-state index in [1.807, 2.05) is 0 Å². The van der Waals surface area contributed by atoms with Gasteiger partial charge in [-0.05, 0) is 37.6 Å². The molecule has 0 amide bonds. The summed E-state index contributed by atoms with van der Waals surface area (Å²) < 4.78 is 0. The van der Waals surface area contributed by atoms with Crippen LogP contribution in [0.3, 0.4) is 0 Å². The summed E-state index contributed by atoms with van der Waals surface area (Å²) in [7, 11) is 0. The Morgan fingerprint density at radius 3 is 2.79 bits per heavy atom. The number of nitrogens with one attached hydrogen (secondary N) is 1. The molecule has 78 valence electrons. The lowest BCUT2D eigenvalue weighted by molar-refractivity contribution is 0.368. The molecule has 0 aromatic heterocycles. The summed E-state index contributed by atoms with van der Waals surface area (Å²) in [5.74, 6) is 1.13. The number of allylic oxidation sites excluding steroid dienone is 2. The maximum absolute atomic E-state index is 9.05. The molecule has 0 fully saturated rings. The SMILES string of the molecule is CC(C)CNC(C#N)C1CC=CCC1. The zero-order valence-corrected chi connectivity index (χ0v) is 9.16. The summed E-state index contributed by atoms with van der Waals surface area (Å²) in [5, 5.41) is 12.4. The summed E-state index contributed by atoms with van der Waals surface area (Å²) in [4.78, 5) is 0. The van der Waals surface area contributed by atoms with Gasteiger partial charge in [0.2, 0.25) is 0 Å². The minimum absolute atomic E-state index is 0.0438. The van der Waals surface area contributed by atoms with Crippen LogP contribution < -0.4 is 5.32 Å². The van der Waals surface area contributed by atoms with Gasteiger partial charge < -0.3 is 5.32 Å². The Morgan fingerprint density at radius 2 is 2.29 bits per heavy atom. The normalized spacial score (nSPS) is 23.4. The van der Waals surface area contributed by atoms with Crippen molar-refractivity contribution in [3.05, 3.63) is 12.2 Å². The second-order valence-electron chi connectivity index (χ2n) is 4.45. The van der Waals surface area contributed by atoms with Crippen LogP contribution in [0, 0.1) is 23.2 Å². The fourth-order valence-electron chi connectivity index (χ4n) is 1.80. The maximum Gasteiger partial charge on any atom is 0.0984 e. The smallest absolute Gasteiger partial charge is 0.0984 e. The van der Waals surface area contributed by atoms with E-state index in [2.05, 4.69) is 37.4 Å². The highest BCUT2D eigenvalue weighted by Gasteiger charge is 2.20. The van der Waals surface area contributed by atoms with Crippen molar-refractivity contribution in [1.29, 1.82) is 5.26 Å². The third-order valence-electron chi connectivity index (χ3n) is 2.67. The first-order valence-corrected chi connectivity index (χ1v) is 5.52. The van der Waals surface area contributed by atoms with Gasteiger partial charge in [0, 0.05) is 0 Å². The van der Waals surface area contributed by atoms with E-state index in [4.69, 9.17) is 5.26 Å². The molecular formula is C12H20N2. The van der Waals surface area contributed by atoms with E-state index in [1.54, 1.807) is 0 Å². The second kappa shape index (κ2) is 5.82. The van der Waals surface area contributed by atoms with Crippen molar-refractivity contribution in [3.63, 3.8) is 0 Å². The predicted octanol–water partition coefficient (Wildman–Crippen LogP) is 2.48. The third kappa shape index (κ3) is 3.51. The number of nitriles is 1. The van der Waals surface area contributed by atoms with Crippen LogP contribution in [0.4, 0.5) is 0 Å². The summed E-state index contributed by atoms with van der Waals surface area (Å²) in [6.45, 7) is 5.28. The largest absolute Gasteiger partial charge is 0.301 e. The van der Waals surface area contributed by atoms with Gasteiger partial charge in [-0.1, -0.05) is 26.0 Å². The van der Waals surface area contributed by atoms with Crippen LogP contribution in [-0.2, 0) is 0 Å². The summed E-state index contributed by atoms with van der Waals surface area (Å²) in [6, 6.07) is 2.43. The average molecular weight is 192 g/mol. The maximum atomic E-state index is 9.05. The molecule has 0 saturated heterocycles. The van der Waals surface area contributed by atoms with Crippen molar-refractivity contribution >= 4 is 0 Å². The molecule has 0 aromatic rings. The fourth-order valence-corrected chi connectivity index (χ4v) is 1.80. The van der Waals surface area contributed by atoms with Crippen LogP contribution in [-0.4, -0.2) is 12.6 Å². The minimum atomic E-state index is 0.0438. The Bertz CT molecular complexity index is 225. The lowest BCUT2D eigenvalue weighted by Gasteiger charge is -2.24. The molecule has 2 atom stereocenters. The van der Waals surface area contributed by atoms with Gasteiger partial charge in [-0.3, -0.25) is 0 Å². The van der Waals surface area contributed by atoms with Gasteiger partial charge in [0.25, 0.3) is 0 Å². The molecule has 2 nitrogen and oxygen atoms in total. The highest BCUT2D eigenvalue weighted by atomic mass is 14.9. The first-order valence-electron chi connectivity index (χ1n) is 5.52. The Morgan fingerprint density at radius 1 is 1.50 bits per heavy atom. The van der Waals surface area contributed by atoms with Crippen molar-refractivity contribution in [2.45, 2.75) is 39.2 Å². The molecule has 0 radical (unpaired) electrons. The number of hydrogen-bond acceptors (Lipinski definition) is 2. The van der Waals surface area contributed by atoms with Crippen LogP contribution in [0.5, 0.6) is 0 Å². The van der Waals surface area contributed by atoms with Gasteiger partial charge in [0.15, 0.2) is 0 Å². The molecule has 1 aliphatic rings. The first-order chi connectivity index (χ1) is 6.74. The molecule has 0 spiro atoms. The van der Waals surface area contributed by atoms with Gasteiger partial charge in [-0.2, -0.15) is 5.26 Å². The lowest BCUT2D eigenvalue weighted by atomic mass is 9.88. The molecule has 0 bridgehead atoms. The molecule has 14 heavy (non-hydrogen) atoms. The lowest BCUT2D eigenvalue weighted by Crippen LogP contribution is -2.37. The van der Waals surface area contributed by atoms with E-state index in [9.17, 15) is 0 Å². The fraction of sp³-hybridized carbons (Fsp3) is 0.750. The van der Waals surface area contributed by atoms with Gasteiger partial charge >= 0.3 is 0 Å². The number of nitrogens with zero attached hydrogens (tertiary/aromatic N) is 1. The van der Waals surface area contributed by atoms with E-state index in [0.717, 1.165) is 25.8 Å². The first kappa shape index (κ1) is 11.3. The summed E-state index contributed by atoms with van der Waals surface area (Å²) in [5.41, 5.74) is 0. The van der Waals surface area contributed by atoms with E-state index in [1.165, 1.54) is 0 Å². The molecule has 0 aromatic carbocycles. The topological polar surface area (TPSA) is 35.8 Å². The predicted molar refractivity (Wildman–Crippen MR) is 58.7 cm³/mol. The summed E-state index contributed by atoms with van der Waals surface area (Å²) >= 11 is 0. The quantitative estimate of drug-likeness (QED) is 0.695. The number of hydrogen-bond donors (Lipinski definition) is 1. The van der Waals surface area contributed by atoms with E-state index >= 15 is 0 Å². The highest BCUT2D eigenvalue weighted by Crippen LogP contribution is 2.21. The van der Waals surface area contributed by atoms with Crippen LogP contribution in [0.15, 0.2) is 12.2 Å². The van der Waals surface area contributed by atoms with Crippen LogP contribution >= 0.6 is 0 Å². The second-order valence-corrected chi connectivity index (χ2v) is 4.45. The molecule has 1 N–H and O–H groups in total. The zero-order valence-electron chi connectivity index (χ0n) is 9.16. The highest BCUT2D eigenvalue weighted by molar-refractivity contribution is 5.01. The molecule has 1 rings (SSSR count). The average Bonchev–Trinajstić information content (AvgIpc) is 2.20. The number of rotatable bonds is 4. The van der Waals surface area contributed by atoms with Crippen LogP contribution in [0.2, 0.25) is 0 Å². The van der Waals surface area contributed by atoms with Gasteiger partial charge in [-0.25, -0.2) is 0 Å². The van der Waals surface area contributed by atoms with Crippen molar-refractivity contribution in [1.82, 2.24) is 5.32 Å². The van der Waals surface area contributed by atoms with Crippen LogP contribution in [0.25, 0.3) is 0 Å². The minimum Gasteiger partial charge on any atom is -0.301 e. The molecule has 2 heteroatoms. The van der Waals surface area contributed by atoms with E-state index in [-0.39, 0.29) is 6.04 Å². The van der Waals surface area contributed by atoms with Crippen molar-refractivity contribution in [2.75, 3.05) is 6.54 Å². The monoisotopic (exact) mass is 192 g/mol. The molecule has 0 saturated carbocycles. The zero-order chi connectivity index (χ0) is 10.4. The standard InChI is InChI=1S/C12H20N2/c1-10(2)9-14-12(8-13)11-6-4-3-5-7-11/h3-4,10-12,14H,5-7,9H2,1-2H3. The molecular weight excluding hydrogens is 172 g/mol. The Hall–Kier alpha value is -0.810. The molecule has 2 unspecified atom stereocenters. The molecule has 0 heterocycles. The third-order valence-corrected chi connectivity index (χ3v) is 2.67.